The van der Waals surface area contributed by atoms with Crippen LogP contribution in [0.5, 0.6) is 0 Å². The van der Waals surface area contributed by atoms with Crippen LogP contribution in [-0.2, 0) is 6.54 Å². The summed E-state index contributed by atoms with van der Waals surface area (Å²) in [4.78, 5) is 14.1. The lowest BCUT2D eigenvalue weighted by molar-refractivity contribution is 0.0785. The normalized spacial score (nSPS) is 10.6. The van der Waals surface area contributed by atoms with E-state index in [0.717, 1.165) is 16.3 Å². The van der Waals surface area contributed by atoms with Gasteiger partial charge in [-0.2, -0.15) is 0 Å². The van der Waals surface area contributed by atoms with Crippen LogP contribution in [0.25, 0.3) is 10.8 Å². The Kier molecular flexibility index (Phi) is 3.88. The van der Waals surface area contributed by atoms with Crippen molar-refractivity contribution in [2.24, 2.45) is 0 Å². The first kappa shape index (κ1) is 14.3. The number of carbonyl (C=O) groups is 1. The van der Waals surface area contributed by atoms with E-state index in [1.807, 2.05) is 42.5 Å². The molecule has 0 aliphatic carbocycles. The summed E-state index contributed by atoms with van der Waals surface area (Å²) in [6.45, 7) is 0.450. The van der Waals surface area contributed by atoms with Gasteiger partial charge in [0.1, 0.15) is 5.82 Å². The molecule has 3 aromatic rings. The van der Waals surface area contributed by atoms with Crippen LogP contribution in [0.15, 0.2) is 66.7 Å². The van der Waals surface area contributed by atoms with Crippen molar-refractivity contribution in [3.63, 3.8) is 0 Å². The maximum absolute atomic E-state index is 12.9. The fourth-order valence-electron chi connectivity index (χ4n) is 2.48. The van der Waals surface area contributed by atoms with Crippen molar-refractivity contribution >= 4 is 16.7 Å². The van der Waals surface area contributed by atoms with E-state index in [1.165, 1.54) is 12.1 Å². The van der Waals surface area contributed by atoms with Crippen LogP contribution >= 0.6 is 0 Å². The fraction of sp³-hybridized carbons (Fsp3) is 0.105. The second-order valence-electron chi connectivity index (χ2n) is 5.35. The van der Waals surface area contributed by atoms with Gasteiger partial charge in [-0.1, -0.05) is 42.5 Å². The summed E-state index contributed by atoms with van der Waals surface area (Å²) in [6.07, 6.45) is 0. The molecule has 0 N–H and O–H groups in total. The van der Waals surface area contributed by atoms with Crippen molar-refractivity contribution in [3.05, 3.63) is 83.7 Å². The standard InChI is InChI=1S/C19H16FNO/c1-21(13-14-6-10-18(20)11-7-14)19(22)17-9-8-15-4-2-3-5-16(15)12-17/h2-12H,13H2,1H3. The minimum absolute atomic E-state index is 0.0462. The van der Waals surface area contributed by atoms with Gasteiger partial charge in [0.15, 0.2) is 0 Å². The number of halogens is 1. The molecule has 3 rings (SSSR count). The number of nitrogens with zero attached hydrogens (tertiary/aromatic N) is 1. The number of hydrogen-bond acceptors (Lipinski definition) is 1. The summed E-state index contributed by atoms with van der Waals surface area (Å²) >= 11 is 0. The second kappa shape index (κ2) is 5.98. The molecule has 0 bridgehead atoms. The van der Waals surface area contributed by atoms with Crippen molar-refractivity contribution in [3.8, 4) is 0 Å². The predicted octanol–water partition coefficient (Wildman–Crippen LogP) is 4.25. The van der Waals surface area contributed by atoms with Gasteiger partial charge in [-0.25, -0.2) is 4.39 Å². The molecule has 3 heteroatoms. The monoisotopic (exact) mass is 293 g/mol. The minimum atomic E-state index is -0.271. The number of rotatable bonds is 3. The molecule has 3 aromatic carbocycles. The Morgan fingerprint density at radius 2 is 1.64 bits per heavy atom. The molecule has 0 fully saturated rings. The van der Waals surface area contributed by atoms with Crippen LogP contribution in [-0.4, -0.2) is 17.9 Å². The molecule has 0 spiro atoms. The third kappa shape index (κ3) is 2.98. The van der Waals surface area contributed by atoms with Crippen LogP contribution in [0.4, 0.5) is 4.39 Å². The highest BCUT2D eigenvalue weighted by molar-refractivity contribution is 5.98. The lowest BCUT2D eigenvalue weighted by Crippen LogP contribution is -2.26. The number of carbonyl (C=O) groups excluding carboxylic acids is 1. The van der Waals surface area contributed by atoms with Crippen LogP contribution in [0.1, 0.15) is 15.9 Å². The van der Waals surface area contributed by atoms with Crippen molar-refractivity contribution in [2.75, 3.05) is 7.05 Å². The van der Waals surface area contributed by atoms with E-state index >= 15 is 0 Å². The smallest absolute Gasteiger partial charge is 0.253 e. The van der Waals surface area contributed by atoms with Crippen LogP contribution in [0, 0.1) is 5.82 Å². The predicted molar refractivity (Wildman–Crippen MR) is 86.1 cm³/mol. The Bertz CT molecular complexity index is 811. The second-order valence-corrected chi connectivity index (χ2v) is 5.35. The van der Waals surface area contributed by atoms with Gasteiger partial charge in [0, 0.05) is 19.2 Å². The Morgan fingerprint density at radius 3 is 2.36 bits per heavy atom. The maximum atomic E-state index is 12.9. The SMILES string of the molecule is CN(Cc1ccc(F)cc1)C(=O)c1ccc2ccccc2c1. The molecule has 0 atom stereocenters. The van der Waals surface area contributed by atoms with E-state index in [2.05, 4.69) is 0 Å². The maximum Gasteiger partial charge on any atom is 0.253 e. The van der Waals surface area contributed by atoms with Gasteiger partial charge < -0.3 is 4.90 Å². The molecule has 2 nitrogen and oxygen atoms in total. The van der Waals surface area contributed by atoms with Gasteiger partial charge in [0.25, 0.3) is 5.91 Å². The Balaban J connectivity index is 1.80. The Morgan fingerprint density at radius 1 is 0.955 bits per heavy atom. The summed E-state index contributed by atoms with van der Waals surface area (Å²) in [5, 5.41) is 2.16. The van der Waals surface area contributed by atoms with Gasteiger partial charge in [-0.3, -0.25) is 4.79 Å². The first-order chi connectivity index (χ1) is 10.6. The molecule has 1 amide bonds. The van der Waals surface area contributed by atoms with Crippen molar-refractivity contribution in [2.45, 2.75) is 6.54 Å². The summed E-state index contributed by atoms with van der Waals surface area (Å²) in [7, 11) is 1.75. The molecule has 0 aliphatic rings. The van der Waals surface area contributed by atoms with E-state index in [-0.39, 0.29) is 11.7 Å². The number of benzene rings is 3. The zero-order valence-electron chi connectivity index (χ0n) is 12.3. The molecule has 0 aromatic heterocycles. The van der Waals surface area contributed by atoms with Gasteiger partial charge in [0.2, 0.25) is 0 Å². The first-order valence-corrected chi connectivity index (χ1v) is 7.12. The summed E-state index contributed by atoms with van der Waals surface area (Å²) in [5.41, 5.74) is 1.56. The Hall–Kier alpha value is -2.68. The summed E-state index contributed by atoms with van der Waals surface area (Å²) < 4.78 is 12.9. The van der Waals surface area contributed by atoms with E-state index in [1.54, 1.807) is 24.1 Å². The lowest BCUT2D eigenvalue weighted by atomic mass is 10.1. The average Bonchev–Trinajstić information content (AvgIpc) is 2.55. The van der Waals surface area contributed by atoms with Crippen molar-refractivity contribution in [1.82, 2.24) is 4.90 Å². The van der Waals surface area contributed by atoms with Gasteiger partial charge >= 0.3 is 0 Å². The molecule has 0 saturated carbocycles. The average molecular weight is 293 g/mol. The molecule has 110 valence electrons. The Labute approximate surface area is 128 Å². The topological polar surface area (TPSA) is 20.3 Å². The van der Waals surface area contributed by atoms with E-state index in [9.17, 15) is 9.18 Å². The highest BCUT2D eigenvalue weighted by Crippen LogP contribution is 2.17. The van der Waals surface area contributed by atoms with Crippen molar-refractivity contribution in [1.29, 1.82) is 0 Å². The van der Waals surface area contributed by atoms with Gasteiger partial charge in [-0.05, 0) is 40.6 Å². The van der Waals surface area contributed by atoms with Crippen molar-refractivity contribution < 1.29 is 9.18 Å². The zero-order valence-corrected chi connectivity index (χ0v) is 12.3. The largest absolute Gasteiger partial charge is 0.337 e. The molecule has 0 aliphatic heterocycles. The number of amides is 1. The van der Waals surface area contributed by atoms with Crippen LogP contribution < -0.4 is 0 Å². The van der Waals surface area contributed by atoms with Gasteiger partial charge in [0.05, 0.1) is 0 Å². The third-order valence-electron chi connectivity index (χ3n) is 3.68. The molecule has 0 saturated heterocycles. The summed E-state index contributed by atoms with van der Waals surface area (Å²) in [6, 6.07) is 19.8. The summed E-state index contributed by atoms with van der Waals surface area (Å²) in [5.74, 6) is -0.317. The third-order valence-corrected chi connectivity index (χ3v) is 3.68. The highest BCUT2D eigenvalue weighted by atomic mass is 19.1. The van der Waals surface area contributed by atoms with E-state index < -0.39 is 0 Å². The van der Waals surface area contributed by atoms with Crippen LogP contribution in [0.2, 0.25) is 0 Å². The molecule has 0 heterocycles. The fourth-order valence-corrected chi connectivity index (χ4v) is 2.48. The van der Waals surface area contributed by atoms with E-state index in [4.69, 9.17) is 0 Å². The molecule has 0 unspecified atom stereocenters. The van der Waals surface area contributed by atoms with E-state index in [0.29, 0.717) is 12.1 Å². The number of hydrogen-bond donors (Lipinski definition) is 0. The minimum Gasteiger partial charge on any atom is -0.337 e. The molecular weight excluding hydrogens is 277 g/mol. The highest BCUT2D eigenvalue weighted by Gasteiger charge is 2.12. The molecular formula is C19H16FNO. The zero-order chi connectivity index (χ0) is 15.5. The molecule has 22 heavy (non-hydrogen) atoms. The quantitative estimate of drug-likeness (QED) is 0.707. The number of fused-ring (bicyclic) bond motifs is 1. The van der Waals surface area contributed by atoms with Gasteiger partial charge in [-0.15, -0.1) is 0 Å². The lowest BCUT2D eigenvalue weighted by Gasteiger charge is -2.17. The first-order valence-electron chi connectivity index (χ1n) is 7.12. The van der Waals surface area contributed by atoms with Crippen LogP contribution in [0.3, 0.4) is 0 Å². The molecule has 0 radical (unpaired) electrons.